The minimum atomic E-state index is -0.431. The Morgan fingerprint density at radius 2 is 1.65 bits per heavy atom. The highest BCUT2D eigenvalue weighted by Crippen LogP contribution is 2.29. The summed E-state index contributed by atoms with van der Waals surface area (Å²) in [6, 6.07) is 11.1. The predicted molar refractivity (Wildman–Crippen MR) is 97.9 cm³/mol. The van der Waals surface area contributed by atoms with Crippen molar-refractivity contribution in [3.8, 4) is 11.5 Å². The maximum Gasteiger partial charge on any atom is 0.337 e. The van der Waals surface area contributed by atoms with Crippen LogP contribution >= 0.6 is 0 Å². The first-order valence-electron chi connectivity index (χ1n) is 7.96. The number of ether oxygens (including phenoxy) is 3. The molecule has 1 unspecified atom stereocenters. The van der Waals surface area contributed by atoms with Crippen LogP contribution in [0.1, 0.15) is 28.9 Å². The number of hydrogen-bond acceptors (Lipinski definition) is 5. The van der Waals surface area contributed by atoms with Crippen LogP contribution in [0.4, 0.5) is 10.5 Å². The molecule has 2 aromatic rings. The van der Waals surface area contributed by atoms with Crippen molar-refractivity contribution in [2.24, 2.45) is 0 Å². The van der Waals surface area contributed by atoms with E-state index in [1.54, 1.807) is 50.6 Å². The summed E-state index contributed by atoms with van der Waals surface area (Å²) in [6.45, 7) is 1.84. The fraction of sp³-hybridized carbons (Fsp3) is 0.263. The monoisotopic (exact) mass is 358 g/mol. The van der Waals surface area contributed by atoms with E-state index in [1.807, 2.05) is 13.0 Å². The van der Waals surface area contributed by atoms with Crippen LogP contribution < -0.4 is 20.1 Å². The van der Waals surface area contributed by atoms with Crippen LogP contribution in [0.2, 0.25) is 0 Å². The Morgan fingerprint density at radius 1 is 0.962 bits per heavy atom. The first kappa shape index (κ1) is 19.1. The van der Waals surface area contributed by atoms with E-state index in [0.717, 1.165) is 5.56 Å². The quantitative estimate of drug-likeness (QED) is 0.773. The molecule has 1 atom stereocenters. The van der Waals surface area contributed by atoms with Gasteiger partial charge >= 0.3 is 12.0 Å². The van der Waals surface area contributed by atoms with Crippen LogP contribution in [0.25, 0.3) is 0 Å². The molecule has 0 bridgehead atoms. The van der Waals surface area contributed by atoms with Gasteiger partial charge in [0.2, 0.25) is 0 Å². The fourth-order valence-corrected chi connectivity index (χ4v) is 2.43. The zero-order chi connectivity index (χ0) is 19.1. The molecule has 26 heavy (non-hydrogen) atoms. The maximum absolute atomic E-state index is 12.2. The van der Waals surface area contributed by atoms with Gasteiger partial charge in [-0.05, 0) is 49.4 Å². The van der Waals surface area contributed by atoms with E-state index in [0.29, 0.717) is 22.7 Å². The number of carbonyl (C=O) groups excluding carboxylic acids is 2. The Kier molecular flexibility index (Phi) is 6.43. The van der Waals surface area contributed by atoms with Crippen molar-refractivity contribution in [1.82, 2.24) is 5.32 Å². The Balaban J connectivity index is 2.04. The normalized spacial score (nSPS) is 11.2. The first-order chi connectivity index (χ1) is 12.5. The molecular formula is C19H22N2O5. The zero-order valence-corrected chi connectivity index (χ0v) is 15.2. The molecule has 0 saturated carbocycles. The predicted octanol–water partition coefficient (Wildman–Crippen LogP) is 3.37. The lowest BCUT2D eigenvalue weighted by Gasteiger charge is -2.18. The molecule has 2 N–H and O–H groups in total. The molecule has 2 aromatic carbocycles. The second kappa shape index (κ2) is 8.75. The van der Waals surface area contributed by atoms with Gasteiger partial charge in [-0.3, -0.25) is 0 Å². The number of hydrogen-bond donors (Lipinski definition) is 2. The first-order valence-corrected chi connectivity index (χ1v) is 7.96. The summed E-state index contributed by atoms with van der Waals surface area (Å²) in [5.41, 5.74) is 1.76. The minimum Gasteiger partial charge on any atom is -0.497 e. The highest BCUT2D eigenvalue weighted by atomic mass is 16.5. The van der Waals surface area contributed by atoms with Crippen LogP contribution in [0, 0.1) is 0 Å². The number of nitrogens with one attached hydrogen (secondary N) is 2. The lowest BCUT2D eigenvalue weighted by molar-refractivity contribution is 0.0600. The van der Waals surface area contributed by atoms with Crippen LogP contribution in [-0.2, 0) is 4.74 Å². The lowest BCUT2D eigenvalue weighted by atomic mass is 10.1. The number of urea groups is 1. The summed E-state index contributed by atoms with van der Waals surface area (Å²) in [5, 5.41) is 5.56. The SMILES string of the molecule is COC(=O)c1ccc(NC(=O)NC(C)c2cc(OC)ccc2OC)cc1. The van der Waals surface area contributed by atoms with E-state index in [2.05, 4.69) is 15.4 Å². The van der Waals surface area contributed by atoms with Gasteiger partial charge in [0.05, 0.1) is 32.9 Å². The van der Waals surface area contributed by atoms with Crippen LogP contribution in [0.3, 0.4) is 0 Å². The van der Waals surface area contributed by atoms with Gasteiger partial charge in [-0.15, -0.1) is 0 Å². The number of amides is 2. The smallest absolute Gasteiger partial charge is 0.337 e. The van der Waals surface area contributed by atoms with Crippen molar-refractivity contribution < 1.29 is 23.8 Å². The second-order valence-electron chi connectivity index (χ2n) is 5.50. The number of rotatable bonds is 6. The summed E-state index contributed by atoms with van der Waals surface area (Å²) < 4.78 is 15.2. The second-order valence-corrected chi connectivity index (χ2v) is 5.50. The number of benzene rings is 2. The van der Waals surface area contributed by atoms with Crippen LogP contribution in [0.5, 0.6) is 11.5 Å². The van der Waals surface area contributed by atoms with Gasteiger partial charge in [0.1, 0.15) is 11.5 Å². The third-order valence-corrected chi connectivity index (χ3v) is 3.81. The molecule has 138 valence electrons. The molecule has 7 heteroatoms. The number of methoxy groups -OCH3 is 3. The number of esters is 1. The summed E-state index contributed by atoms with van der Waals surface area (Å²) in [5.74, 6) is 0.897. The summed E-state index contributed by atoms with van der Waals surface area (Å²) in [4.78, 5) is 23.7. The van der Waals surface area contributed by atoms with Crippen molar-refractivity contribution >= 4 is 17.7 Å². The Labute approximate surface area is 152 Å². The van der Waals surface area contributed by atoms with E-state index >= 15 is 0 Å². The average Bonchev–Trinajstić information content (AvgIpc) is 2.67. The molecule has 0 radical (unpaired) electrons. The summed E-state index contributed by atoms with van der Waals surface area (Å²) in [7, 11) is 4.46. The van der Waals surface area contributed by atoms with E-state index < -0.39 is 5.97 Å². The average molecular weight is 358 g/mol. The summed E-state index contributed by atoms with van der Waals surface area (Å²) in [6.07, 6.45) is 0. The maximum atomic E-state index is 12.2. The molecule has 0 aliphatic rings. The molecule has 0 fully saturated rings. The Hall–Kier alpha value is -3.22. The zero-order valence-electron chi connectivity index (χ0n) is 15.2. The van der Waals surface area contributed by atoms with E-state index in [-0.39, 0.29) is 12.1 Å². The largest absolute Gasteiger partial charge is 0.497 e. The molecular weight excluding hydrogens is 336 g/mol. The third-order valence-electron chi connectivity index (χ3n) is 3.81. The van der Waals surface area contributed by atoms with E-state index in [9.17, 15) is 9.59 Å². The molecule has 2 amide bonds. The van der Waals surface area contributed by atoms with Crippen molar-refractivity contribution in [2.45, 2.75) is 13.0 Å². The molecule has 7 nitrogen and oxygen atoms in total. The highest BCUT2D eigenvalue weighted by Gasteiger charge is 2.15. The van der Waals surface area contributed by atoms with Gasteiger partial charge in [0.15, 0.2) is 0 Å². The van der Waals surface area contributed by atoms with E-state index in [4.69, 9.17) is 9.47 Å². The molecule has 0 aromatic heterocycles. The number of carbonyl (C=O) groups is 2. The standard InChI is InChI=1S/C19H22N2O5/c1-12(16-11-15(24-2)9-10-17(16)25-3)20-19(23)21-14-7-5-13(6-8-14)18(22)26-4/h5-12H,1-4H3,(H2,20,21,23). The molecule has 2 rings (SSSR count). The number of anilines is 1. The molecule has 0 saturated heterocycles. The topological polar surface area (TPSA) is 85.9 Å². The van der Waals surface area contributed by atoms with Gasteiger partial charge in [-0.1, -0.05) is 0 Å². The van der Waals surface area contributed by atoms with Crippen molar-refractivity contribution in [2.75, 3.05) is 26.6 Å². The van der Waals surface area contributed by atoms with Crippen molar-refractivity contribution in [3.63, 3.8) is 0 Å². The van der Waals surface area contributed by atoms with Gasteiger partial charge in [-0.2, -0.15) is 0 Å². The molecule has 0 spiro atoms. The highest BCUT2D eigenvalue weighted by molar-refractivity contribution is 5.92. The van der Waals surface area contributed by atoms with Gasteiger partial charge < -0.3 is 24.8 Å². The van der Waals surface area contributed by atoms with Crippen LogP contribution in [0.15, 0.2) is 42.5 Å². The van der Waals surface area contributed by atoms with Crippen molar-refractivity contribution in [3.05, 3.63) is 53.6 Å². The Morgan fingerprint density at radius 3 is 2.23 bits per heavy atom. The van der Waals surface area contributed by atoms with Crippen molar-refractivity contribution in [1.29, 1.82) is 0 Å². The molecule has 0 aliphatic carbocycles. The van der Waals surface area contributed by atoms with Crippen LogP contribution in [-0.4, -0.2) is 33.3 Å². The minimum absolute atomic E-state index is 0.311. The third kappa shape index (κ3) is 4.66. The Bertz CT molecular complexity index is 774. The van der Waals surface area contributed by atoms with Gasteiger partial charge in [-0.25, -0.2) is 9.59 Å². The lowest BCUT2D eigenvalue weighted by Crippen LogP contribution is -2.31. The van der Waals surface area contributed by atoms with Gasteiger partial charge in [0, 0.05) is 11.3 Å². The van der Waals surface area contributed by atoms with E-state index in [1.165, 1.54) is 7.11 Å². The van der Waals surface area contributed by atoms with Gasteiger partial charge in [0.25, 0.3) is 0 Å². The fourth-order valence-electron chi connectivity index (χ4n) is 2.43. The molecule has 0 heterocycles. The molecule has 0 aliphatic heterocycles. The summed E-state index contributed by atoms with van der Waals surface area (Å²) >= 11 is 0.